The molecule has 19 heavy (non-hydrogen) atoms. The second-order valence-corrected chi connectivity index (χ2v) is 4.00. The summed E-state index contributed by atoms with van der Waals surface area (Å²) in [6, 6.07) is 4.99. The normalized spacial score (nSPS) is 12.5. The van der Waals surface area contributed by atoms with Crippen LogP contribution in [0.15, 0.2) is 23.4 Å². The topological polar surface area (TPSA) is 67.8 Å². The molecule has 0 aliphatic carbocycles. The number of nitrogens with zero attached hydrogens (tertiary/aromatic N) is 1. The number of nitrogens with two attached hydrogens (primary N) is 1. The van der Waals surface area contributed by atoms with Crippen molar-refractivity contribution < 1.29 is 23.1 Å². The number of amidine groups is 1. The molecular formula is C12H15F3N2O2. The van der Waals surface area contributed by atoms with E-state index in [1.54, 1.807) is 25.1 Å². The minimum Gasteiger partial charge on any atom is -0.493 e. The van der Waals surface area contributed by atoms with E-state index in [0.717, 1.165) is 0 Å². The van der Waals surface area contributed by atoms with Gasteiger partial charge in [-0.1, -0.05) is 17.3 Å². The quantitative estimate of drug-likeness (QED) is 0.286. The van der Waals surface area contributed by atoms with Crippen LogP contribution >= 0.6 is 0 Å². The third-order valence-electron chi connectivity index (χ3n) is 2.45. The van der Waals surface area contributed by atoms with Crippen LogP contribution in [0.25, 0.3) is 0 Å². The highest BCUT2D eigenvalue weighted by Gasteiger charge is 2.26. The van der Waals surface area contributed by atoms with Crippen molar-refractivity contribution in [2.45, 2.75) is 25.9 Å². The van der Waals surface area contributed by atoms with Crippen molar-refractivity contribution in [3.05, 3.63) is 29.3 Å². The van der Waals surface area contributed by atoms with Gasteiger partial charge in [-0.25, -0.2) is 0 Å². The minimum absolute atomic E-state index is 0.0872. The monoisotopic (exact) mass is 276 g/mol. The van der Waals surface area contributed by atoms with Gasteiger partial charge in [0.2, 0.25) is 0 Å². The Hall–Kier alpha value is -1.92. The Morgan fingerprint density at radius 1 is 1.42 bits per heavy atom. The molecule has 3 N–H and O–H groups in total. The first-order valence-electron chi connectivity index (χ1n) is 5.62. The van der Waals surface area contributed by atoms with E-state index in [-0.39, 0.29) is 18.9 Å². The molecule has 0 heterocycles. The predicted octanol–water partition coefficient (Wildman–Crippen LogP) is 2.81. The first kappa shape index (κ1) is 15.1. The van der Waals surface area contributed by atoms with Crippen molar-refractivity contribution in [2.75, 3.05) is 6.61 Å². The lowest BCUT2D eigenvalue weighted by Crippen LogP contribution is -2.16. The molecule has 0 unspecified atom stereocenters. The van der Waals surface area contributed by atoms with E-state index in [4.69, 9.17) is 15.7 Å². The molecule has 0 saturated heterocycles. The van der Waals surface area contributed by atoms with Gasteiger partial charge >= 0.3 is 6.18 Å². The van der Waals surface area contributed by atoms with Crippen LogP contribution in [0.3, 0.4) is 0 Å². The summed E-state index contributed by atoms with van der Waals surface area (Å²) >= 11 is 0. The molecule has 0 amide bonds. The Morgan fingerprint density at radius 2 is 2.11 bits per heavy atom. The van der Waals surface area contributed by atoms with Gasteiger partial charge in [0.1, 0.15) is 5.75 Å². The van der Waals surface area contributed by atoms with Crippen LogP contribution in [0.5, 0.6) is 5.75 Å². The highest BCUT2D eigenvalue weighted by Crippen LogP contribution is 2.25. The molecule has 1 aromatic rings. The van der Waals surface area contributed by atoms with Crippen molar-refractivity contribution in [3.63, 3.8) is 0 Å². The lowest BCUT2D eigenvalue weighted by atomic mass is 10.1. The minimum atomic E-state index is -4.19. The maximum absolute atomic E-state index is 12.0. The summed E-state index contributed by atoms with van der Waals surface area (Å²) in [7, 11) is 0. The van der Waals surface area contributed by atoms with Gasteiger partial charge in [-0.05, 0) is 25.0 Å². The van der Waals surface area contributed by atoms with Gasteiger partial charge in [-0.2, -0.15) is 13.2 Å². The molecule has 0 atom stereocenters. The van der Waals surface area contributed by atoms with Gasteiger partial charge < -0.3 is 15.7 Å². The van der Waals surface area contributed by atoms with Crippen LogP contribution in [0.4, 0.5) is 13.2 Å². The summed E-state index contributed by atoms with van der Waals surface area (Å²) in [6.07, 6.45) is -5.24. The molecule has 0 aromatic heterocycles. The van der Waals surface area contributed by atoms with Crippen molar-refractivity contribution in [1.29, 1.82) is 0 Å². The van der Waals surface area contributed by atoms with E-state index < -0.39 is 12.6 Å². The van der Waals surface area contributed by atoms with Crippen molar-refractivity contribution in [2.24, 2.45) is 10.9 Å². The summed E-state index contributed by atoms with van der Waals surface area (Å²) in [4.78, 5) is 0. The Bertz CT molecular complexity index is 459. The molecule has 7 heteroatoms. The smallest absolute Gasteiger partial charge is 0.389 e. The molecule has 106 valence electrons. The van der Waals surface area contributed by atoms with Crippen molar-refractivity contribution in [1.82, 2.24) is 0 Å². The first-order chi connectivity index (χ1) is 8.85. The Balaban J connectivity index is 2.72. The molecule has 0 fully saturated rings. The van der Waals surface area contributed by atoms with Crippen LogP contribution in [0.1, 0.15) is 24.0 Å². The molecule has 0 spiro atoms. The summed E-state index contributed by atoms with van der Waals surface area (Å²) in [5.74, 6) is 0.189. The van der Waals surface area contributed by atoms with Gasteiger partial charge in [0.15, 0.2) is 5.84 Å². The fraction of sp³-hybridized carbons (Fsp3) is 0.417. The standard InChI is InChI=1S/C12H15F3N2O2/c1-8-4-2-5-9(11(16)17-18)10(8)19-7-3-6-12(13,14)15/h2,4-5,18H,3,6-7H2,1H3,(H2,16,17). The molecule has 1 rings (SSSR count). The first-order valence-corrected chi connectivity index (χ1v) is 5.62. The molecule has 0 radical (unpaired) electrons. The number of halogens is 3. The van der Waals surface area contributed by atoms with E-state index in [9.17, 15) is 13.2 Å². The fourth-order valence-electron chi connectivity index (χ4n) is 1.55. The maximum atomic E-state index is 12.0. The number of hydrogen-bond acceptors (Lipinski definition) is 3. The van der Waals surface area contributed by atoms with E-state index in [1.807, 2.05) is 0 Å². The van der Waals surface area contributed by atoms with E-state index >= 15 is 0 Å². The Morgan fingerprint density at radius 3 is 2.68 bits per heavy atom. The molecule has 0 aliphatic rings. The van der Waals surface area contributed by atoms with Crippen molar-refractivity contribution in [3.8, 4) is 5.75 Å². The average Bonchev–Trinajstić information content (AvgIpc) is 2.33. The third kappa shape index (κ3) is 4.69. The molecule has 0 bridgehead atoms. The lowest BCUT2D eigenvalue weighted by molar-refractivity contribution is -0.136. The van der Waals surface area contributed by atoms with E-state index in [2.05, 4.69) is 5.16 Å². The second kappa shape index (κ2) is 6.31. The van der Waals surface area contributed by atoms with Gasteiger partial charge in [-0.3, -0.25) is 0 Å². The summed E-state index contributed by atoms with van der Waals surface area (Å²) < 4.78 is 41.3. The number of hydrogen-bond donors (Lipinski definition) is 2. The molecule has 4 nitrogen and oxygen atoms in total. The van der Waals surface area contributed by atoms with Crippen LogP contribution in [0, 0.1) is 6.92 Å². The van der Waals surface area contributed by atoms with Crippen molar-refractivity contribution >= 4 is 5.84 Å². The molecule has 0 saturated carbocycles. The number of alkyl halides is 3. The van der Waals surface area contributed by atoms with Crippen LogP contribution in [0.2, 0.25) is 0 Å². The number of rotatable bonds is 5. The largest absolute Gasteiger partial charge is 0.493 e. The summed E-state index contributed by atoms with van der Waals surface area (Å²) in [5, 5.41) is 11.5. The molecule has 0 aliphatic heterocycles. The van der Waals surface area contributed by atoms with Gasteiger partial charge in [0.05, 0.1) is 12.2 Å². The highest BCUT2D eigenvalue weighted by molar-refractivity contribution is 5.99. The van der Waals surface area contributed by atoms with Gasteiger partial charge in [0.25, 0.3) is 0 Å². The Kier molecular flexibility index (Phi) is 5.02. The fourth-order valence-corrected chi connectivity index (χ4v) is 1.55. The Labute approximate surface area is 108 Å². The number of benzene rings is 1. The number of oxime groups is 1. The molecular weight excluding hydrogens is 261 g/mol. The van der Waals surface area contributed by atoms with Crippen LogP contribution in [-0.2, 0) is 0 Å². The lowest BCUT2D eigenvalue weighted by Gasteiger charge is -2.13. The summed E-state index contributed by atoms with van der Waals surface area (Å²) in [5.41, 5.74) is 6.54. The number of para-hydroxylation sites is 1. The summed E-state index contributed by atoms with van der Waals surface area (Å²) in [6.45, 7) is 1.64. The zero-order valence-electron chi connectivity index (χ0n) is 10.4. The van der Waals surface area contributed by atoms with Crippen LogP contribution < -0.4 is 10.5 Å². The maximum Gasteiger partial charge on any atom is 0.389 e. The van der Waals surface area contributed by atoms with E-state index in [0.29, 0.717) is 16.9 Å². The number of aryl methyl sites for hydroxylation is 1. The van der Waals surface area contributed by atoms with Gasteiger partial charge in [0, 0.05) is 6.42 Å². The SMILES string of the molecule is Cc1cccc(/C(N)=N/O)c1OCCCC(F)(F)F. The van der Waals surface area contributed by atoms with Crippen LogP contribution in [-0.4, -0.2) is 23.8 Å². The zero-order valence-corrected chi connectivity index (χ0v) is 10.4. The van der Waals surface area contributed by atoms with Gasteiger partial charge in [-0.15, -0.1) is 0 Å². The number of ether oxygens (including phenoxy) is 1. The second-order valence-electron chi connectivity index (χ2n) is 4.00. The third-order valence-corrected chi connectivity index (χ3v) is 2.45. The highest BCUT2D eigenvalue weighted by atomic mass is 19.4. The molecule has 1 aromatic carbocycles. The van der Waals surface area contributed by atoms with E-state index in [1.165, 1.54) is 0 Å². The predicted molar refractivity (Wildman–Crippen MR) is 64.5 cm³/mol. The zero-order chi connectivity index (χ0) is 14.5. The average molecular weight is 276 g/mol.